The van der Waals surface area contributed by atoms with Crippen molar-refractivity contribution in [2.24, 2.45) is 5.73 Å². The molecule has 0 radical (unpaired) electrons. The molecule has 0 rings (SSSR count). The van der Waals surface area contributed by atoms with Crippen molar-refractivity contribution < 1.29 is 22.7 Å². The van der Waals surface area contributed by atoms with Crippen molar-refractivity contribution in [1.29, 1.82) is 0 Å². The van der Waals surface area contributed by atoms with E-state index in [4.69, 9.17) is 16.9 Å². The number of carbonyl (C=O) groups is 1. The lowest BCUT2D eigenvalue weighted by atomic mass is 10.2. The van der Waals surface area contributed by atoms with Crippen molar-refractivity contribution in [1.82, 2.24) is 4.90 Å². The van der Waals surface area contributed by atoms with Crippen LogP contribution in [0.2, 0.25) is 0 Å². The molecule has 0 aliphatic rings. The summed E-state index contributed by atoms with van der Waals surface area (Å²) in [5, 5.41) is 0. The third kappa shape index (κ3) is 8.46. The first kappa shape index (κ1) is 17.7. The summed E-state index contributed by atoms with van der Waals surface area (Å²) < 4.78 is 42.2. The van der Waals surface area contributed by atoms with Gasteiger partial charge in [-0.2, -0.15) is 13.2 Å². The number of hydrogen-bond acceptors (Lipinski definition) is 3. The fourth-order valence-corrected chi connectivity index (χ4v) is 1.43. The number of carbonyl (C=O) groups excluding carboxylic acids is 1. The van der Waals surface area contributed by atoms with Crippen molar-refractivity contribution in [3.05, 3.63) is 0 Å². The van der Waals surface area contributed by atoms with Crippen LogP contribution in [0.25, 0.3) is 0 Å². The van der Waals surface area contributed by atoms with Gasteiger partial charge in [0, 0.05) is 26.2 Å². The largest absolute Gasteiger partial charge is 0.406 e. The van der Waals surface area contributed by atoms with Gasteiger partial charge in [-0.15, -0.1) is 12.3 Å². The number of nitrogens with two attached hydrogens (primary N) is 1. The topological polar surface area (TPSA) is 55.6 Å². The second-order valence-corrected chi connectivity index (χ2v) is 3.94. The predicted molar refractivity (Wildman–Crippen MR) is 65.2 cm³/mol. The summed E-state index contributed by atoms with van der Waals surface area (Å²) in [6, 6.07) is -1.10. The number of amides is 1. The molecule has 0 aliphatic heterocycles. The SMILES string of the molecule is C#CCC(N)C(=O)N(CCCOCC)CC(F)(F)F. The van der Waals surface area contributed by atoms with Gasteiger partial charge in [-0.05, 0) is 13.3 Å². The highest BCUT2D eigenvalue weighted by atomic mass is 19.4. The monoisotopic (exact) mass is 280 g/mol. The third-order valence-corrected chi connectivity index (χ3v) is 2.26. The van der Waals surface area contributed by atoms with E-state index in [0.717, 1.165) is 0 Å². The average Bonchev–Trinajstić information content (AvgIpc) is 2.31. The molecule has 0 aromatic heterocycles. The molecule has 1 atom stereocenters. The zero-order valence-corrected chi connectivity index (χ0v) is 10.9. The van der Waals surface area contributed by atoms with Crippen molar-refractivity contribution in [2.45, 2.75) is 32.0 Å². The van der Waals surface area contributed by atoms with Gasteiger partial charge in [0.05, 0.1) is 6.04 Å². The van der Waals surface area contributed by atoms with Gasteiger partial charge in [0.25, 0.3) is 0 Å². The van der Waals surface area contributed by atoms with E-state index in [-0.39, 0.29) is 13.0 Å². The highest BCUT2D eigenvalue weighted by Gasteiger charge is 2.34. The number of hydrogen-bond donors (Lipinski definition) is 1. The first-order valence-electron chi connectivity index (χ1n) is 5.94. The molecule has 0 saturated carbocycles. The number of rotatable bonds is 8. The minimum atomic E-state index is -4.46. The number of nitrogens with zero attached hydrogens (tertiary/aromatic N) is 1. The predicted octanol–water partition coefficient (Wildman–Crippen LogP) is 1.15. The van der Waals surface area contributed by atoms with Crippen molar-refractivity contribution in [2.75, 3.05) is 26.3 Å². The van der Waals surface area contributed by atoms with Crippen LogP contribution < -0.4 is 5.73 Å². The molecule has 0 bridgehead atoms. The summed E-state index contributed by atoms with van der Waals surface area (Å²) in [6.07, 6.45) is 0.763. The van der Waals surface area contributed by atoms with Crippen LogP contribution in [-0.4, -0.2) is 49.3 Å². The van der Waals surface area contributed by atoms with Crippen LogP contribution in [0.1, 0.15) is 19.8 Å². The molecule has 0 spiro atoms. The lowest BCUT2D eigenvalue weighted by Crippen LogP contribution is -2.47. The Morgan fingerprint density at radius 3 is 2.63 bits per heavy atom. The number of terminal acetylenes is 1. The maximum atomic E-state index is 12.4. The third-order valence-electron chi connectivity index (χ3n) is 2.26. The number of alkyl halides is 3. The van der Waals surface area contributed by atoms with E-state index in [1.54, 1.807) is 6.92 Å². The molecule has 1 amide bonds. The highest BCUT2D eigenvalue weighted by molar-refractivity contribution is 5.82. The minimum absolute atomic E-state index is 0.0589. The van der Waals surface area contributed by atoms with Gasteiger partial charge in [0.15, 0.2) is 0 Å². The Hall–Kier alpha value is -1.26. The van der Waals surface area contributed by atoms with Crippen molar-refractivity contribution >= 4 is 5.91 Å². The van der Waals surface area contributed by atoms with Crippen LogP contribution in [0.5, 0.6) is 0 Å². The molecule has 4 nitrogen and oxygen atoms in total. The normalized spacial score (nSPS) is 12.8. The fraction of sp³-hybridized carbons (Fsp3) is 0.750. The van der Waals surface area contributed by atoms with E-state index in [2.05, 4.69) is 5.92 Å². The lowest BCUT2D eigenvalue weighted by Gasteiger charge is -2.26. The summed E-state index contributed by atoms with van der Waals surface area (Å²) in [5.41, 5.74) is 5.45. The minimum Gasteiger partial charge on any atom is -0.382 e. The molecule has 1 unspecified atom stereocenters. The van der Waals surface area contributed by atoms with Gasteiger partial charge in [-0.1, -0.05) is 0 Å². The zero-order chi connectivity index (χ0) is 14.9. The van der Waals surface area contributed by atoms with Crippen molar-refractivity contribution in [3.63, 3.8) is 0 Å². The molecule has 0 aromatic rings. The Bertz CT molecular complexity index is 313. The maximum Gasteiger partial charge on any atom is 0.406 e. The van der Waals surface area contributed by atoms with Gasteiger partial charge >= 0.3 is 6.18 Å². The number of halogens is 3. The maximum absolute atomic E-state index is 12.4. The van der Waals surface area contributed by atoms with E-state index in [0.29, 0.717) is 24.5 Å². The molecule has 0 fully saturated rings. The Kier molecular flexibility index (Phi) is 8.19. The second kappa shape index (κ2) is 8.77. The summed E-state index contributed by atoms with van der Waals surface area (Å²) in [7, 11) is 0. The molecule has 110 valence electrons. The quantitative estimate of drug-likeness (QED) is 0.536. The van der Waals surface area contributed by atoms with Gasteiger partial charge in [-0.25, -0.2) is 0 Å². The van der Waals surface area contributed by atoms with Crippen LogP contribution in [-0.2, 0) is 9.53 Å². The summed E-state index contributed by atoms with van der Waals surface area (Å²) in [4.78, 5) is 12.4. The molecular formula is C12H19F3N2O2. The van der Waals surface area contributed by atoms with Gasteiger partial charge in [0.2, 0.25) is 5.91 Å². The molecule has 2 N–H and O–H groups in total. The molecule has 0 saturated heterocycles. The van der Waals surface area contributed by atoms with Crippen LogP contribution in [0.4, 0.5) is 13.2 Å². The van der Waals surface area contributed by atoms with Crippen LogP contribution >= 0.6 is 0 Å². The van der Waals surface area contributed by atoms with Gasteiger partial charge in [-0.3, -0.25) is 4.79 Å². The van der Waals surface area contributed by atoms with Crippen LogP contribution in [0, 0.1) is 12.3 Å². The van der Waals surface area contributed by atoms with Gasteiger partial charge in [0.1, 0.15) is 6.54 Å². The molecule has 19 heavy (non-hydrogen) atoms. The van der Waals surface area contributed by atoms with Crippen LogP contribution in [0.15, 0.2) is 0 Å². The Morgan fingerprint density at radius 2 is 2.16 bits per heavy atom. The Labute approximate surface area is 111 Å². The summed E-state index contributed by atoms with van der Waals surface area (Å²) in [5.74, 6) is 1.38. The van der Waals surface area contributed by atoms with Crippen LogP contribution in [0.3, 0.4) is 0 Å². The molecule has 0 heterocycles. The van der Waals surface area contributed by atoms with E-state index in [1.165, 1.54) is 0 Å². The average molecular weight is 280 g/mol. The molecule has 0 aromatic carbocycles. The number of ether oxygens (including phenoxy) is 1. The van der Waals surface area contributed by atoms with E-state index < -0.39 is 24.7 Å². The lowest BCUT2D eigenvalue weighted by molar-refractivity contribution is -0.162. The Balaban J connectivity index is 4.49. The molecule has 0 aliphatic carbocycles. The summed E-state index contributed by atoms with van der Waals surface area (Å²) in [6.45, 7) is 1.17. The Morgan fingerprint density at radius 1 is 1.53 bits per heavy atom. The summed E-state index contributed by atoms with van der Waals surface area (Å²) >= 11 is 0. The van der Waals surface area contributed by atoms with E-state index in [1.807, 2.05) is 0 Å². The van der Waals surface area contributed by atoms with E-state index >= 15 is 0 Å². The highest BCUT2D eigenvalue weighted by Crippen LogP contribution is 2.17. The van der Waals surface area contributed by atoms with Gasteiger partial charge < -0.3 is 15.4 Å². The first-order valence-corrected chi connectivity index (χ1v) is 5.94. The standard InChI is InChI=1S/C12H19F3N2O2/c1-3-6-10(16)11(18)17(9-12(13,14)15)7-5-8-19-4-2/h1,10H,4-9,16H2,2H3. The zero-order valence-electron chi connectivity index (χ0n) is 10.9. The first-order chi connectivity index (χ1) is 8.81. The molecule has 7 heteroatoms. The second-order valence-electron chi connectivity index (χ2n) is 3.94. The van der Waals surface area contributed by atoms with E-state index in [9.17, 15) is 18.0 Å². The van der Waals surface area contributed by atoms with Crippen molar-refractivity contribution in [3.8, 4) is 12.3 Å². The smallest absolute Gasteiger partial charge is 0.382 e. The fourth-order valence-electron chi connectivity index (χ4n) is 1.43. The molecular weight excluding hydrogens is 261 g/mol.